The molecule has 0 radical (unpaired) electrons. The molecule has 1 saturated heterocycles. The molecule has 2 N–H and O–H groups in total. The summed E-state index contributed by atoms with van der Waals surface area (Å²) in [7, 11) is 2.13. The van der Waals surface area contributed by atoms with Crippen LogP contribution in [0.2, 0.25) is 0 Å². The van der Waals surface area contributed by atoms with Crippen molar-refractivity contribution >= 4 is 17.6 Å². The minimum atomic E-state index is 0.0638. The van der Waals surface area contributed by atoms with Crippen LogP contribution in [0.3, 0.4) is 0 Å². The van der Waals surface area contributed by atoms with Gasteiger partial charge in [0.1, 0.15) is 5.82 Å². The van der Waals surface area contributed by atoms with Gasteiger partial charge in [-0.1, -0.05) is 6.07 Å². The Morgan fingerprint density at radius 1 is 1.56 bits per heavy atom. The van der Waals surface area contributed by atoms with Gasteiger partial charge in [0.2, 0.25) is 0 Å². The van der Waals surface area contributed by atoms with E-state index in [2.05, 4.69) is 29.1 Å². The van der Waals surface area contributed by atoms with Crippen LogP contribution in [0.15, 0.2) is 18.3 Å². The lowest BCUT2D eigenvalue weighted by molar-refractivity contribution is 0.690. The fourth-order valence-corrected chi connectivity index (χ4v) is 3.16. The molecule has 1 fully saturated rings. The van der Waals surface area contributed by atoms with Gasteiger partial charge >= 0.3 is 0 Å². The molecular weight excluding hydrogens is 218 g/mol. The van der Waals surface area contributed by atoms with Crippen LogP contribution in [-0.4, -0.2) is 29.6 Å². The maximum absolute atomic E-state index is 5.81. The van der Waals surface area contributed by atoms with Gasteiger partial charge in [0.25, 0.3) is 0 Å². The molecule has 88 valence electrons. The molecule has 1 aliphatic rings. The van der Waals surface area contributed by atoms with Crippen molar-refractivity contribution in [3.8, 4) is 0 Å². The van der Waals surface area contributed by atoms with Crippen LogP contribution in [0, 0.1) is 0 Å². The van der Waals surface area contributed by atoms with Crippen LogP contribution in [0.5, 0.6) is 0 Å². The van der Waals surface area contributed by atoms with Gasteiger partial charge in [0.15, 0.2) is 0 Å². The Morgan fingerprint density at radius 2 is 2.38 bits per heavy atom. The van der Waals surface area contributed by atoms with Crippen molar-refractivity contribution in [1.82, 2.24) is 4.98 Å². The summed E-state index contributed by atoms with van der Waals surface area (Å²) in [6, 6.07) is 4.85. The van der Waals surface area contributed by atoms with Gasteiger partial charge in [-0.3, -0.25) is 0 Å². The predicted octanol–water partition coefficient (Wildman–Crippen LogP) is 2.04. The number of anilines is 1. The fraction of sp³-hybridized carbons (Fsp3) is 0.583. The summed E-state index contributed by atoms with van der Waals surface area (Å²) in [5.74, 6) is 3.54. The van der Waals surface area contributed by atoms with E-state index in [0.717, 1.165) is 11.4 Å². The molecule has 0 aliphatic carbocycles. The molecule has 0 saturated carbocycles. The van der Waals surface area contributed by atoms with E-state index in [1.807, 2.05) is 24.9 Å². The molecule has 2 rings (SSSR count). The molecule has 1 unspecified atom stereocenters. The van der Waals surface area contributed by atoms with E-state index in [4.69, 9.17) is 5.73 Å². The third kappa shape index (κ3) is 2.50. The molecule has 3 nitrogen and oxygen atoms in total. The number of rotatable bonds is 3. The van der Waals surface area contributed by atoms with E-state index in [1.165, 1.54) is 17.9 Å². The molecule has 1 aromatic rings. The summed E-state index contributed by atoms with van der Waals surface area (Å²) in [6.07, 6.45) is 3.15. The lowest BCUT2D eigenvalue weighted by atomic mass is 10.1. The zero-order valence-corrected chi connectivity index (χ0v) is 10.7. The van der Waals surface area contributed by atoms with E-state index in [0.29, 0.717) is 6.04 Å². The van der Waals surface area contributed by atoms with Crippen LogP contribution in [0.1, 0.15) is 24.9 Å². The maximum Gasteiger partial charge on any atom is 0.128 e. The lowest BCUT2D eigenvalue weighted by Gasteiger charge is -2.25. The Morgan fingerprint density at radius 3 is 2.88 bits per heavy atom. The highest BCUT2D eigenvalue weighted by molar-refractivity contribution is 7.99. The Labute approximate surface area is 101 Å². The Kier molecular flexibility index (Phi) is 3.71. The van der Waals surface area contributed by atoms with Crippen molar-refractivity contribution in [3.05, 3.63) is 23.9 Å². The Balaban J connectivity index is 2.08. The van der Waals surface area contributed by atoms with Crippen molar-refractivity contribution in [2.45, 2.75) is 25.4 Å². The average Bonchev–Trinajstić information content (AvgIpc) is 2.81. The van der Waals surface area contributed by atoms with E-state index in [1.54, 1.807) is 0 Å². The lowest BCUT2D eigenvalue weighted by Crippen LogP contribution is -2.31. The minimum absolute atomic E-state index is 0.0638. The van der Waals surface area contributed by atoms with Gasteiger partial charge in [-0.25, -0.2) is 4.98 Å². The molecule has 1 aromatic heterocycles. The Bertz CT molecular complexity index is 331. The molecule has 0 bridgehead atoms. The van der Waals surface area contributed by atoms with E-state index in [9.17, 15) is 0 Å². The summed E-state index contributed by atoms with van der Waals surface area (Å²) in [5.41, 5.74) is 6.90. The summed E-state index contributed by atoms with van der Waals surface area (Å²) in [6.45, 7) is 1.98. The van der Waals surface area contributed by atoms with Gasteiger partial charge in [-0.15, -0.1) is 0 Å². The highest BCUT2D eigenvalue weighted by atomic mass is 32.2. The first-order valence-corrected chi connectivity index (χ1v) is 6.86. The quantitative estimate of drug-likeness (QED) is 0.873. The first-order valence-electron chi connectivity index (χ1n) is 5.70. The normalized spacial score (nSPS) is 22.1. The number of nitrogens with two attached hydrogens (primary N) is 1. The number of hydrogen-bond donors (Lipinski definition) is 1. The Hall–Kier alpha value is -0.740. The van der Waals surface area contributed by atoms with E-state index >= 15 is 0 Å². The van der Waals surface area contributed by atoms with Gasteiger partial charge in [-0.05, 0) is 30.7 Å². The largest absolute Gasteiger partial charge is 0.356 e. The van der Waals surface area contributed by atoms with Gasteiger partial charge in [0.05, 0.1) is 0 Å². The zero-order chi connectivity index (χ0) is 11.5. The third-order valence-electron chi connectivity index (χ3n) is 3.11. The number of pyridine rings is 1. The predicted molar refractivity (Wildman–Crippen MR) is 71.0 cm³/mol. The molecule has 0 spiro atoms. The van der Waals surface area contributed by atoms with Crippen molar-refractivity contribution < 1.29 is 0 Å². The van der Waals surface area contributed by atoms with E-state index < -0.39 is 0 Å². The monoisotopic (exact) mass is 237 g/mol. The first-order chi connectivity index (χ1) is 7.68. The molecule has 16 heavy (non-hydrogen) atoms. The highest BCUT2D eigenvalue weighted by Crippen LogP contribution is 2.25. The maximum atomic E-state index is 5.81. The summed E-state index contributed by atoms with van der Waals surface area (Å²) >= 11 is 2.02. The molecule has 2 atom stereocenters. The zero-order valence-electron chi connectivity index (χ0n) is 9.89. The topological polar surface area (TPSA) is 42.1 Å². The molecule has 0 aromatic carbocycles. The van der Waals surface area contributed by atoms with Gasteiger partial charge in [0, 0.05) is 31.1 Å². The second-order valence-corrected chi connectivity index (χ2v) is 5.52. The smallest absolute Gasteiger partial charge is 0.128 e. The molecule has 1 aliphatic heterocycles. The van der Waals surface area contributed by atoms with Crippen LogP contribution in [-0.2, 0) is 0 Å². The SMILES string of the molecule is C[C@@H](N)c1ccc(N(C)C2CCSC2)nc1. The molecule has 4 heteroatoms. The third-order valence-corrected chi connectivity index (χ3v) is 4.26. The standard InChI is InChI=1S/C12H19N3S/c1-9(13)10-3-4-12(14-7-10)15(2)11-5-6-16-8-11/h3-4,7,9,11H,5-6,8,13H2,1-2H3/t9-,11?/m1/s1. The summed E-state index contributed by atoms with van der Waals surface area (Å²) in [4.78, 5) is 6.76. The first kappa shape index (κ1) is 11.7. The number of aromatic nitrogens is 1. The summed E-state index contributed by atoms with van der Waals surface area (Å²) < 4.78 is 0. The minimum Gasteiger partial charge on any atom is -0.356 e. The average molecular weight is 237 g/mol. The summed E-state index contributed by atoms with van der Waals surface area (Å²) in [5, 5.41) is 0. The fourth-order valence-electron chi connectivity index (χ4n) is 1.89. The van der Waals surface area contributed by atoms with Crippen molar-refractivity contribution in [1.29, 1.82) is 0 Å². The number of thioether (sulfide) groups is 1. The molecule has 2 heterocycles. The van der Waals surface area contributed by atoms with Crippen LogP contribution in [0.4, 0.5) is 5.82 Å². The molecule has 0 amide bonds. The number of hydrogen-bond acceptors (Lipinski definition) is 4. The second-order valence-electron chi connectivity index (χ2n) is 4.37. The highest BCUT2D eigenvalue weighted by Gasteiger charge is 2.20. The van der Waals surface area contributed by atoms with Gasteiger partial charge in [-0.2, -0.15) is 11.8 Å². The van der Waals surface area contributed by atoms with Crippen LogP contribution < -0.4 is 10.6 Å². The van der Waals surface area contributed by atoms with Crippen molar-refractivity contribution in [3.63, 3.8) is 0 Å². The second kappa shape index (κ2) is 5.06. The van der Waals surface area contributed by atoms with Crippen LogP contribution >= 0.6 is 11.8 Å². The van der Waals surface area contributed by atoms with Gasteiger partial charge < -0.3 is 10.6 Å². The van der Waals surface area contributed by atoms with Crippen molar-refractivity contribution in [2.24, 2.45) is 5.73 Å². The van der Waals surface area contributed by atoms with Crippen LogP contribution in [0.25, 0.3) is 0 Å². The number of nitrogens with zero attached hydrogens (tertiary/aromatic N) is 2. The molecular formula is C12H19N3S. The van der Waals surface area contributed by atoms with Crippen molar-refractivity contribution in [2.75, 3.05) is 23.5 Å². The van der Waals surface area contributed by atoms with E-state index in [-0.39, 0.29) is 6.04 Å².